The van der Waals surface area contributed by atoms with Gasteiger partial charge in [-0.1, -0.05) is 159 Å². The number of rotatable bonds is 25. The predicted molar refractivity (Wildman–Crippen MR) is 206 cm³/mol. The molecule has 7 heteroatoms. The van der Waals surface area contributed by atoms with Gasteiger partial charge in [0.15, 0.2) is 6.10 Å². The summed E-state index contributed by atoms with van der Waals surface area (Å²) in [6.45, 7) is 4.30. The molecule has 0 spiro atoms. The highest BCUT2D eigenvalue weighted by atomic mass is 19.4. The largest absolute Gasteiger partial charge is 0.450 e. The third-order valence-corrected chi connectivity index (χ3v) is 9.42. The van der Waals surface area contributed by atoms with Crippen molar-refractivity contribution in [1.29, 1.82) is 0 Å². The topological polar surface area (TPSA) is 52.6 Å². The van der Waals surface area contributed by atoms with Crippen LogP contribution in [0.4, 0.5) is 13.2 Å². The van der Waals surface area contributed by atoms with Gasteiger partial charge in [0.1, 0.15) is 5.75 Å². The van der Waals surface area contributed by atoms with Crippen molar-refractivity contribution in [3.8, 4) is 16.9 Å². The van der Waals surface area contributed by atoms with E-state index in [2.05, 4.69) is 31.2 Å². The maximum Gasteiger partial charge on any atom is 0.425 e. The Labute approximate surface area is 310 Å². The molecule has 0 saturated carbocycles. The van der Waals surface area contributed by atoms with Gasteiger partial charge in [-0.15, -0.1) is 0 Å². The van der Waals surface area contributed by atoms with Crippen LogP contribution in [-0.4, -0.2) is 24.2 Å². The number of alkyl halides is 3. The molecule has 0 N–H and O–H groups in total. The minimum absolute atomic E-state index is 0.248. The van der Waals surface area contributed by atoms with E-state index in [0.29, 0.717) is 29.7 Å². The van der Waals surface area contributed by atoms with E-state index in [1.54, 1.807) is 36.4 Å². The van der Waals surface area contributed by atoms with Crippen LogP contribution in [0.15, 0.2) is 78.9 Å². The minimum atomic E-state index is -4.61. The second kappa shape index (κ2) is 24.4. The number of halogens is 3. The van der Waals surface area contributed by atoms with Crippen LogP contribution in [0.1, 0.15) is 151 Å². The first-order valence-corrected chi connectivity index (χ1v) is 19.7. The van der Waals surface area contributed by atoms with E-state index in [1.165, 1.54) is 88.7 Å². The fourth-order valence-electron chi connectivity index (χ4n) is 6.21. The third kappa shape index (κ3) is 17.1. The summed E-state index contributed by atoms with van der Waals surface area (Å²) in [7, 11) is 0. The number of carbonyl (C=O) groups excluding carboxylic acids is 2. The number of aryl methyl sites for hydroxylation is 1. The summed E-state index contributed by atoms with van der Waals surface area (Å²) < 4.78 is 50.3. The Hall–Kier alpha value is -3.87. The predicted octanol–water partition coefficient (Wildman–Crippen LogP) is 13.7. The van der Waals surface area contributed by atoms with Crippen LogP contribution in [0, 0.1) is 0 Å². The number of unbranched alkanes of at least 4 members (excludes halogenated alkanes) is 15. The number of esters is 2. The van der Waals surface area contributed by atoms with Gasteiger partial charge in [0.05, 0.1) is 5.56 Å². The molecule has 284 valence electrons. The Morgan fingerprint density at radius 2 is 1.10 bits per heavy atom. The van der Waals surface area contributed by atoms with E-state index >= 15 is 0 Å². The third-order valence-electron chi connectivity index (χ3n) is 9.42. The first kappa shape index (κ1) is 42.5. The molecule has 0 unspecified atom stereocenters. The van der Waals surface area contributed by atoms with Gasteiger partial charge in [-0.05, 0) is 78.3 Å². The molecule has 0 aromatic heterocycles. The molecule has 0 radical (unpaired) electrons. The number of benzene rings is 3. The summed E-state index contributed by atoms with van der Waals surface area (Å²) in [5.41, 5.74) is 4.39. The zero-order chi connectivity index (χ0) is 37.4. The molecule has 0 aliphatic rings. The van der Waals surface area contributed by atoms with Gasteiger partial charge in [0.2, 0.25) is 0 Å². The van der Waals surface area contributed by atoms with Crippen LogP contribution >= 0.6 is 0 Å². The zero-order valence-corrected chi connectivity index (χ0v) is 31.4. The molecular weight excluding hydrogens is 661 g/mol. The van der Waals surface area contributed by atoms with Crippen molar-refractivity contribution in [3.63, 3.8) is 0 Å². The maximum atomic E-state index is 13.4. The van der Waals surface area contributed by atoms with Gasteiger partial charge in [-0.2, -0.15) is 13.2 Å². The van der Waals surface area contributed by atoms with Crippen LogP contribution in [0.2, 0.25) is 0 Å². The molecule has 0 aliphatic heterocycles. The van der Waals surface area contributed by atoms with Gasteiger partial charge in [-0.3, -0.25) is 0 Å². The Kier molecular flexibility index (Phi) is 20.0. The summed E-state index contributed by atoms with van der Waals surface area (Å²) in [6, 6.07) is 22.2. The van der Waals surface area contributed by atoms with E-state index in [-0.39, 0.29) is 6.42 Å². The van der Waals surface area contributed by atoms with Gasteiger partial charge in [-0.25, -0.2) is 9.59 Å². The Balaban J connectivity index is 1.38. The summed E-state index contributed by atoms with van der Waals surface area (Å²) >= 11 is 0. The lowest BCUT2D eigenvalue weighted by molar-refractivity contribution is -0.220. The van der Waals surface area contributed by atoms with Crippen molar-refractivity contribution in [2.24, 2.45) is 0 Å². The normalized spacial score (nSPS) is 12.2. The smallest absolute Gasteiger partial charge is 0.425 e. The lowest BCUT2D eigenvalue weighted by atomic mass is 10.00. The molecule has 0 fully saturated rings. The number of hydrogen-bond donors (Lipinski definition) is 0. The van der Waals surface area contributed by atoms with E-state index in [9.17, 15) is 22.8 Å². The summed E-state index contributed by atoms with van der Waals surface area (Å²) in [6.07, 6.45) is 16.5. The molecule has 3 aromatic carbocycles. The maximum absolute atomic E-state index is 13.4. The molecule has 0 bridgehead atoms. The molecule has 0 saturated heterocycles. The summed E-state index contributed by atoms with van der Waals surface area (Å²) in [4.78, 5) is 24.9. The molecule has 52 heavy (non-hydrogen) atoms. The van der Waals surface area contributed by atoms with E-state index in [1.807, 2.05) is 19.1 Å². The van der Waals surface area contributed by atoms with Crippen molar-refractivity contribution in [1.82, 2.24) is 0 Å². The van der Waals surface area contributed by atoms with Gasteiger partial charge in [0.25, 0.3) is 0 Å². The van der Waals surface area contributed by atoms with Crippen LogP contribution in [0.3, 0.4) is 0 Å². The average Bonchev–Trinajstić information content (AvgIpc) is 3.14. The summed E-state index contributed by atoms with van der Waals surface area (Å²) in [5, 5.41) is 0. The molecular formula is C45H59F3O4. The highest BCUT2D eigenvalue weighted by Crippen LogP contribution is 2.28. The van der Waals surface area contributed by atoms with Gasteiger partial charge < -0.3 is 9.47 Å². The van der Waals surface area contributed by atoms with Crippen LogP contribution in [0.5, 0.6) is 5.75 Å². The van der Waals surface area contributed by atoms with Crippen LogP contribution in [0.25, 0.3) is 17.2 Å². The molecule has 1 atom stereocenters. The molecule has 3 rings (SSSR count). The van der Waals surface area contributed by atoms with Crippen LogP contribution in [-0.2, 0) is 16.0 Å². The highest BCUT2D eigenvalue weighted by molar-refractivity contribution is 5.91. The Bertz CT molecular complexity index is 1440. The van der Waals surface area contributed by atoms with Gasteiger partial charge in [0, 0.05) is 6.08 Å². The lowest BCUT2D eigenvalue weighted by Gasteiger charge is -2.19. The Morgan fingerprint density at radius 3 is 1.62 bits per heavy atom. The van der Waals surface area contributed by atoms with Crippen molar-refractivity contribution in [2.75, 3.05) is 0 Å². The van der Waals surface area contributed by atoms with E-state index < -0.39 is 24.2 Å². The fraction of sp³-hybridized carbons (Fsp3) is 0.511. The first-order chi connectivity index (χ1) is 25.2. The average molecular weight is 721 g/mol. The van der Waals surface area contributed by atoms with E-state index in [0.717, 1.165) is 42.9 Å². The van der Waals surface area contributed by atoms with E-state index in [4.69, 9.17) is 9.47 Å². The molecule has 0 aliphatic carbocycles. The molecule has 4 nitrogen and oxygen atoms in total. The first-order valence-electron chi connectivity index (χ1n) is 19.7. The number of ether oxygens (including phenoxy) is 2. The van der Waals surface area contributed by atoms with Gasteiger partial charge >= 0.3 is 18.1 Å². The minimum Gasteiger partial charge on any atom is -0.450 e. The van der Waals surface area contributed by atoms with Crippen molar-refractivity contribution in [3.05, 3.63) is 95.6 Å². The Morgan fingerprint density at radius 1 is 0.615 bits per heavy atom. The summed E-state index contributed by atoms with van der Waals surface area (Å²) in [5.74, 6) is -1.26. The zero-order valence-electron chi connectivity index (χ0n) is 31.4. The second-order valence-corrected chi connectivity index (χ2v) is 13.9. The standard InChI is InChI=1S/C45H59F3O4/c1-3-5-7-9-10-11-12-13-14-15-17-18-20-36-22-27-38(28-23-36)39-29-31-40(32-30-39)44(50)51-41-33-24-37(25-34-41)26-35-43(49)52-42(45(46,47)48)21-19-16-8-6-4-2/h22-35,42H,3-21H2,1-2H3/t42-/m0/s1. The van der Waals surface area contributed by atoms with Crippen LogP contribution < -0.4 is 4.74 Å². The second-order valence-electron chi connectivity index (χ2n) is 13.9. The van der Waals surface area contributed by atoms with Crippen molar-refractivity contribution in [2.45, 2.75) is 148 Å². The van der Waals surface area contributed by atoms with Crippen molar-refractivity contribution >= 4 is 18.0 Å². The lowest BCUT2D eigenvalue weighted by Crippen LogP contribution is -2.33. The number of carbonyl (C=O) groups is 2. The number of hydrogen-bond acceptors (Lipinski definition) is 4. The van der Waals surface area contributed by atoms with Crippen molar-refractivity contribution < 1.29 is 32.2 Å². The fourth-order valence-corrected chi connectivity index (χ4v) is 6.21. The monoisotopic (exact) mass is 720 g/mol. The molecule has 3 aromatic rings. The highest BCUT2D eigenvalue weighted by Gasteiger charge is 2.42. The quantitative estimate of drug-likeness (QED) is 0.0378. The molecule has 0 heterocycles. The molecule has 0 amide bonds. The SMILES string of the molecule is CCCCCCCCCCCCCCc1ccc(-c2ccc(C(=O)Oc3ccc(C=CC(=O)O[C@@H](CCCCCCC)C(F)(F)F)cc3)cc2)cc1.